The van der Waals surface area contributed by atoms with E-state index >= 15 is 0 Å². The first-order valence-electron chi connectivity index (χ1n) is 6.00. The summed E-state index contributed by atoms with van der Waals surface area (Å²) in [6, 6.07) is 6.01. The second-order valence-electron chi connectivity index (χ2n) is 4.57. The second kappa shape index (κ2) is 4.83. The molecule has 1 unspecified atom stereocenters. The molecule has 0 bridgehead atoms. The standard InChI is InChI=1S/C13H13ClN4S/c1-9(7-17-5-4-15-8-17)18-12-3-2-10(14)6-11(12)16-13(18)19/h2-6,8-9H,7H2,1H3,(H,16,19). The molecule has 0 saturated carbocycles. The number of imidazole rings is 2. The largest absolute Gasteiger partial charge is 0.335 e. The summed E-state index contributed by atoms with van der Waals surface area (Å²) in [6.45, 7) is 2.96. The summed E-state index contributed by atoms with van der Waals surface area (Å²) < 4.78 is 4.87. The summed E-state index contributed by atoms with van der Waals surface area (Å²) in [4.78, 5) is 7.25. The number of hydrogen-bond donors (Lipinski definition) is 1. The number of H-pyrrole nitrogens is 1. The topological polar surface area (TPSA) is 38.5 Å². The number of aromatic nitrogens is 4. The molecule has 6 heteroatoms. The minimum Gasteiger partial charge on any atom is -0.335 e. The van der Waals surface area contributed by atoms with Crippen molar-refractivity contribution in [2.45, 2.75) is 19.5 Å². The van der Waals surface area contributed by atoms with Crippen LogP contribution in [0.5, 0.6) is 0 Å². The molecule has 0 amide bonds. The molecule has 3 rings (SSSR count). The van der Waals surface area contributed by atoms with Crippen LogP contribution in [0.25, 0.3) is 11.0 Å². The Labute approximate surface area is 120 Å². The fourth-order valence-corrected chi connectivity index (χ4v) is 2.88. The molecule has 0 aliphatic rings. The molecule has 0 fully saturated rings. The van der Waals surface area contributed by atoms with E-state index in [1.807, 2.05) is 35.3 Å². The van der Waals surface area contributed by atoms with Gasteiger partial charge in [0.2, 0.25) is 0 Å². The summed E-state index contributed by atoms with van der Waals surface area (Å²) in [6.07, 6.45) is 5.54. The van der Waals surface area contributed by atoms with Gasteiger partial charge in [-0.05, 0) is 37.3 Å². The Morgan fingerprint density at radius 3 is 3.05 bits per heavy atom. The van der Waals surface area contributed by atoms with Gasteiger partial charge in [-0.1, -0.05) is 11.6 Å². The molecule has 3 aromatic rings. The zero-order valence-corrected chi connectivity index (χ0v) is 11.9. The van der Waals surface area contributed by atoms with Gasteiger partial charge in [0.1, 0.15) is 0 Å². The minimum absolute atomic E-state index is 0.233. The van der Waals surface area contributed by atoms with Crippen molar-refractivity contribution in [3.05, 3.63) is 46.7 Å². The number of fused-ring (bicyclic) bond motifs is 1. The summed E-state index contributed by atoms with van der Waals surface area (Å²) in [5.41, 5.74) is 2.04. The predicted molar refractivity (Wildman–Crippen MR) is 79.1 cm³/mol. The zero-order valence-electron chi connectivity index (χ0n) is 10.4. The number of halogens is 1. The summed E-state index contributed by atoms with van der Waals surface area (Å²) in [5, 5.41) is 0.707. The molecule has 1 atom stereocenters. The smallest absolute Gasteiger partial charge is 0.178 e. The third-order valence-electron chi connectivity index (χ3n) is 3.15. The molecule has 0 aliphatic carbocycles. The Bertz CT molecular complexity index is 757. The van der Waals surface area contributed by atoms with E-state index in [4.69, 9.17) is 23.8 Å². The number of aromatic amines is 1. The molecule has 1 aromatic carbocycles. The SMILES string of the molecule is CC(Cn1ccnc1)n1c(=S)[nH]c2cc(Cl)ccc21. The monoisotopic (exact) mass is 292 g/mol. The lowest BCUT2D eigenvalue weighted by Gasteiger charge is -2.15. The highest BCUT2D eigenvalue weighted by atomic mass is 35.5. The van der Waals surface area contributed by atoms with Gasteiger partial charge in [0.25, 0.3) is 0 Å². The third kappa shape index (κ3) is 2.31. The fourth-order valence-electron chi connectivity index (χ4n) is 2.32. The number of nitrogens with zero attached hydrogens (tertiary/aromatic N) is 3. The quantitative estimate of drug-likeness (QED) is 0.746. The highest BCUT2D eigenvalue weighted by Gasteiger charge is 2.11. The Kier molecular flexibility index (Phi) is 3.16. The van der Waals surface area contributed by atoms with E-state index in [-0.39, 0.29) is 6.04 Å². The molecule has 2 aromatic heterocycles. The van der Waals surface area contributed by atoms with Gasteiger partial charge in [-0.25, -0.2) is 4.98 Å². The maximum Gasteiger partial charge on any atom is 0.178 e. The van der Waals surface area contributed by atoms with Crippen LogP contribution in [0.1, 0.15) is 13.0 Å². The highest BCUT2D eigenvalue weighted by molar-refractivity contribution is 7.71. The van der Waals surface area contributed by atoms with Gasteiger partial charge in [0.15, 0.2) is 4.77 Å². The molecule has 0 spiro atoms. The third-order valence-corrected chi connectivity index (χ3v) is 3.69. The number of nitrogens with one attached hydrogen (secondary N) is 1. The van der Waals surface area contributed by atoms with E-state index < -0.39 is 0 Å². The van der Waals surface area contributed by atoms with Crippen LogP contribution < -0.4 is 0 Å². The average molecular weight is 293 g/mol. The predicted octanol–water partition coefficient (Wildman–Crippen LogP) is 3.81. The van der Waals surface area contributed by atoms with Gasteiger partial charge in [-0.3, -0.25) is 0 Å². The van der Waals surface area contributed by atoms with Gasteiger partial charge < -0.3 is 14.1 Å². The van der Waals surface area contributed by atoms with Gasteiger partial charge in [0.05, 0.1) is 23.4 Å². The van der Waals surface area contributed by atoms with Crippen LogP contribution in [0.2, 0.25) is 5.02 Å². The molecule has 1 N–H and O–H groups in total. The van der Waals surface area contributed by atoms with Crippen LogP contribution in [0, 0.1) is 4.77 Å². The van der Waals surface area contributed by atoms with Crippen LogP contribution in [0.4, 0.5) is 0 Å². The molecule has 2 heterocycles. The number of rotatable bonds is 3. The van der Waals surface area contributed by atoms with Gasteiger partial charge >= 0.3 is 0 Å². The van der Waals surface area contributed by atoms with E-state index in [1.165, 1.54) is 0 Å². The lowest BCUT2D eigenvalue weighted by molar-refractivity contribution is 0.470. The lowest BCUT2D eigenvalue weighted by atomic mass is 10.2. The van der Waals surface area contributed by atoms with Crippen molar-refractivity contribution < 1.29 is 0 Å². The van der Waals surface area contributed by atoms with Crippen molar-refractivity contribution in [3.8, 4) is 0 Å². The van der Waals surface area contributed by atoms with Crippen LogP contribution >= 0.6 is 23.8 Å². The zero-order chi connectivity index (χ0) is 13.4. The van der Waals surface area contributed by atoms with Crippen molar-refractivity contribution in [1.82, 2.24) is 19.1 Å². The molecular formula is C13H13ClN4S. The second-order valence-corrected chi connectivity index (χ2v) is 5.39. The van der Waals surface area contributed by atoms with E-state index in [0.29, 0.717) is 9.79 Å². The maximum atomic E-state index is 6.00. The normalized spacial score (nSPS) is 12.9. The Morgan fingerprint density at radius 1 is 1.47 bits per heavy atom. The van der Waals surface area contributed by atoms with E-state index in [9.17, 15) is 0 Å². The van der Waals surface area contributed by atoms with Crippen molar-refractivity contribution in [3.63, 3.8) is 0 Å². The highest BCUT2D eigenvalue weighted by Crippen LogP contribution is 2.23. The van der Waals surface area contributed by atoms with Crippen molar-refractivity contribution in [2.75, 3.05) is 0 Å². The molecule has 19 heavy (non-hydrogen) atoms. The van der Waals surface area contributed by atoms with Gasteiger partial charge in [-0.2, -0.15) is 0 Å². The molecule has 0 radical (unpaired) electrons. The Morgan fingerprint density at radius 2 is 2.32 bits per heavy atom. The first-order valence-corrected chi connectivity index (χ1v) is 6.79. The fraction of sp³-hybridized carbons (Fsp3) is 0.231. The van der Waals surface area contributed by atoms with E-state index in [1.54, 1.807) is 6.20 Å². The Hall–Kier alpha value is -1.59. The number of hydrogen-bond acceptors (Lipinski definition) is 2. The summed E-state index contributed by atoms with van der Waals surface area (Å²) in [5.74, 6) is 0. The van der Waals surface area contributed by atoms with Crippen molar-refractivity contribution in [1.29, 1.82) is 0 Å². The molecule has 0 saturated heterocycles. The first-order chi connectivity index (χ1) is 9.15. The molecule has 0 aliphatic heterocycles. The first kappa shape index (κ1) is 12.4. The number of benzene rings is 1. The van der Waals surface area contributed by atoms with Gasteiger partial charge in [-0.15, -0.1) is 0 Å². The lowest BCUT2D eigenvalue weighted by Crippen LogP contribution is -2.12. The summed E-state index contributed by atoms with van der Waals surface area (Å²) >= 11 is 11.4. The summed E-state index contributed by atoms with van der Waals surface area (Å²) in [7, 11) is 0. The Balaban J connectivity index is 2.04. The van der Waals surface area contributed by atoms with Crippen molar-refractivity contribution in [2.24, 2.45) is 0 Å². The van der Waals surface area contributed by atoms with Gasteiger partial charge in [0, 0.05) is 24.0 Å². The minimum atomic E-state index is 0.233. The maximum absolute atomic E-state index is 6.00. The van der Waals surface area contributed by atoms with Crippen LogP contribution in [0.15, 0.2) is 36.9 Å². The van der Waals surface area contributed by atoms with E-state index in [0.717, 1.165) is 17.6 Å². The average Bonchev–Trinajstić information content (AvgIpc) is 2.95. The van der Waals surface area contributed by atoms with E-state index in [2.05, 4.69) is 21.5 Å². The van der Waals surface area contributed by atoms with Crippen molar-refractivity contribution >= 4 is 34.9 Å². The molecule has 4 nitrogen and oxygen atoms in total. The van der Waals surface area contributed by atoms with Crippen LogP contribution in [-0.4, -0.2) is 19.1 Å². The van der Waals surface area contributed by atoms with Crippen LogP contribution in [0.3, 0.4) is 0 Å². The van der Waals surface area contributed by atoms with Crippen LogP contribution in [-0.2, 0) is 6.54 Å². The molecule has 98 valence electrons. The molecular weight excluding hydrogens is 280 g/mol.